The van der Waals surface area contributed by atoms with Gasteiger partial charge in [-0.1, -0.05) is 6.07 Å². The van der Waals surface area contributed by atoms with Gasteiger partial charge in [-0.25, -0.2) is 4.39 Å². The first-order valence-corrected chi connectivity index (χ1v) is 7.26. The van der Waals surface area contributed by atoms with Crippen molar-refractivity contribution in [3.05, 3.63) is 34.1 Å². The minimum Gasteiger partial charge on any atom is -0.377 e. The first-order valence-electron chi connectivity index (χ1n) is 6.47. The van der Waals surface area contributed by atoms with Crippen LogP contribution in [0.2, 0.25) is 0 Å². The lowest BCUT2D eigenvalue weighted by atomic mass is 10.1. The van der Waals surface area contributed by atoms with Gasteiger partial charge in [0.2, 0.25) is 0 Å². The van der Waals surface area contributed by atoms with Gasteiger partial charge in [-0.2, -0.15) is 0 Å². The Balaban J connectivity index is 1.93. The van der Waals surface area contributed by atoms with Crippen LogP contribution in [-0.4, -0.2) is 30.7 Å². The van der Waals surface area contributed by atoms with E-state index in [-0.39, 0.29) is 5.82 Å². The number of piperidine rings is 1. The van der Waals surface area contributed by atoms with E-state index in [0.29, 0.717) is 10.6 Å². The van der Waals surface area contributed by atoms with Gasteiger partial charge in [0.25, 0.3) is 0 Å². The highest BCUT2D eigenvalue weighted by molar-refractivity contribution is 9.10. The fourth-order valence-electron chi connectivity index (χ4n) is 2.42. The highest BCUT2D eigenvalue weighted by atomic mass is 79.9. The van der Waals surface area contributed by atoms with E-state index < -0.39 is 0 Å². The summed E-state index contributed by atoms with van der Waals surface area (Å²) in [7, 11) is 0. The first kappa shape index (κ1) is 14.0. The van der Waals surface area contributed by atoms with Crippen LogP contribution in [0.15, 0.2) is 22.7 Å². The van der Waals surface area contributed by atoms with Gasteiger partial charge in [0.15, 0.2) is 0 Å². The lowest BCUT2D eigenvalue weighted by Crippen LogP contribution is -2.39. The Kier molecular flexibility index (Phi) is 5.15. The van der Waals surface area contributed by atoms with Gasteiger partial charge in [0.1, 0.15) is 5.82 Å². The average Bonchev–Trinajstić information content (AvgIpc) is 2.35. The number of halogens is 2. The van der Waals surface area contributed by atoms with Crippen molar-refractivity contribution in [1.29, 1.82) is 0 Å². The number of benzene rings is 1. The second-order valence-electron chi connectivity index (χ2n) is 4.70. The molecule has 1 aromatic rings. The van der Waals surface area contributed by atoms with Gasteiger partial charge in [0.05, 0.1) is 10.6 Å². The van der Waals surface area contributed by atoms with E-state index in [2.05, 4.69) is 20.8 Å². The van der Waals surface area contributed by atoms with Crippen molar-refractivity contribution in [2.75, 3.05) is 19.7 Å². The standard InChI is InChI=1S/C14H19BrFNO/c1-2-18-12-4-3-7-17(10-12)9-11-5-6-14(16)13(15)8-11/h5-6,8,12H,2-4,7,9-10H2,1H3. The Hall–Kier alpha value is -0.450. The van der Waals surface area contributed by atoms with Crippen LogP contribution in [0.25, 0.3) is 0 Å². The molecular weight excluding hydrogens is 297 g/mol. The van der Waals surface area contributed by atoms with E-state index in [4.69, 9.17) is 4.74 Å². The molecule has 0 aliphatic carbocycles. The molecule has 0 amide bonds. The Morgan fingerprint density at radius 2 is 2.33 bits per heavy atom. The summed E-state index contributed by atoms with van der Waals surface area (Å²) in [6, 6.07) is 5.23. The molecule has 1 aliphatic rings. The van der Waals surface area contributed by atoms with Crippen LogP contribution in [0.4, 0.5) is 4.39 Å². The maximum absolute atomic E-state index is 13.2. The molecular formula is C14H19BrFNO. The summed E-state index contributed by atoms with van der Waals surface area (Å²) < 4.78 is 19.4. The molecule has 0 spiro atoms. The molecule has 0 bridgehead atoms. The van der Waals surface area contributed by atoms with E-state index >= 15 is 0 Å². The van der Waals surface area contributed by atoms with Crippen LogP contribution >= 0.6 is 15.9 Å². The number of nitrogens with zero attached hydrogens (tertiary/aromatic N) is 1. The van der Waals surface area contributed by atoms with Gasteiger partial charge < -0.3 is 4.74 Å². The molecule has 4 heteroatoms. The van der Waals surface area contributed by atoms with Crippen LogP contribution in [0.3, 0.4) is 0 Å². The Morgan fingerprint density at radius 1 is 1.50 bits per heavy atom. The van der Waals surface area contributed by atoms with Crippen molar-refractivity contribution >= 4 is 15.9 Å². The molecule has 18 heavy (non-hydrogen) atoms. The molecule has 0 aromatic heterocycles. The van der Waals surface area contributed by atoms with Crippen LogP contribution < -0.4 is 0 Å². The van der Waals surface area contributed by atoms with Gasteiger partial charge in [0, 0.05) is 19.7 Å². The van der Waals surface area contributed by atoms with Crippen molar-refractivity contribution in [3.8, 4) is 0 Å². The molecule has 2 rings (SSSR count). The molecule has 1 atom stereocenters. The fraction of sp³-hybridized carbons (Fsp3) is 0.571. The summed E-state index contributed by atoms with van der Waals surface area (Å²) in [5, 5.41) is 0. The zero-order valence-corrected chi connectivity index (χ0v) is 12.2. The largest absolute Gasteiger partial charge is 0.377 e. The third-order valence-electron chi connectivity index (χ3n) is 3.25. The number of hydrogen-bond acceptors (Lipinski definition) is 2. The highest BCUT2D eigenvalue weighted by Crippen LogP contribution is 2.20. The van der Waals surface area contributed by atoms with E-state index in [1.54, 1.807) is 0 Å². The summed E-state index contributed by atoms with van der Waals surface area (Å²) in [5.74, 6) is -0.204. The van der Waals surface area contributed by atoms with Crippen molar-refractivity contribution in [3.63, 3.8) is 0 Å². The predicted molar refractivity (Wildman–Crippen MR) is 74.0 cm³/mol. The number of likely N-dealkylation sites (tertiary alicyclic amines) is 1. The number of hydrogen-bond donors (Lipinski definition) is 0. The van der Waals surface area contributed by atoms with Crippen molar-refractivity contribution in [2.24, 2.45) is 0 Å². The van der Waals surface area contributed by atoms with Crippen molar-refractivity contribution < 1.29 is 9.13 Å². The van der Waals surface area contributed by atoms with Gasteiger partial charge in [-0.05, 0) is 59.9 Å². The van der Waals surface area contributed by atoms with E-state index in [1.807, 2.05) is 19.1 Å². The zero-order valence-electron chi connectivity index (χ0n) is 10.7. The van der Waals surface area contributed by atoms with Gasteiger partial charge in [-0.15, -0.1) is 0 Å². The van der Waals surface area contributed by atoms with E-state index in [1.165, 1.54) is 12.5 Å². The lowest BCUT2D eigenvalue weighted by Gasteiger charge is -2.32. The van der Waals surface area contributed by atoms with Crippen LogP contribution in [-0.2, 0) is 11.3 Å². The molecule has 1 fully saturated rings. The molecule has 0 radical (unpaired) electrons. The Labute approximate surface area is 116 Å². The van der Waals surface area contributed by atoms with Gasteiger partial charge in [-0.3, -0.25) is 4.90 Å². The summed E-state index contributed by atoms with van der Waals surface area (Å²) in [4.78, 5) is 2.38. The summed E-state index contributed by atoms with van der Waals surface area (Å²) in [6.07, 6.45) is 2.68. The second-order valence-corrected chi connectivity index (χ2v) is 5.56. The molecule has 1 aliphatic heterocycles. The molecule has 2 nitrogen and oxygen atoms in total. The minimum absolute atomic E-state index is 0.204. The molecule has 1 heterocycles. The summed E-state index contributed by atoms with van der Waals surface area (Å²) >= 11 is 3.23. The third kappa shape index (κ3) is 3.77. The lowest BCUT2D eigenvalue weighted by molar-refractivity contribution is 0.00362. The molecule has 0 N–H and O–H groups in total. The van der Waals surface area contributed by atoms with Crippen molar-refractivity contribution in [1.82, 2.24) is 4.90 Å². The third-order valence-corrected chi connectivity index (χ3v) is 3.86. The van der Waals surface area contributed by atoms with E-state index in [0.717, 1.165) is 38.2 Å². The molecule has 1 unspecified atom stereocenters. The Bertz CT molecular complexity index is 397. The molecule has 100 valence electrons. The minimum atomic E-state index is -0.204. The normalized spacial score (nSPS) is 21.2. The van der Waals surface area contributed by atoms with Crippen molar-refractivity contribution in [2.45, 2.75) is 32.4 Å². The maximum atomic E-state index is 13.2. The average molecular weight is 316 g/mol. The highest BCUT2D eigenvalue weighted by Gasteiger charge is 2.20. The first-order chi connectivity index (χ1) is 8.69. The zero-order chi connectivity index (χ0) is 13.0. The smallest absolute Gasteiger partial charge is 0.137 e. The maximum Gasteiger partial charge on any atom is 0.137 e. The fourth-order valence-corrected chi connectivity index (χ4v) is 2.85. The van der Waals surface area contributed by atoms with Gasteiger partial charge >= 0.3 is 0 Å². The molecule has 1 saturated heterocycles. The monoisotopic (exact) mass is 315 g/mol. The number of ether oxygens (including phenoxy) is 1. The van der Waals surface area contributed by atoms with Crippen LogP contribution in [0.5, 0.6) is 0 Å². The molecule has 1 aromatic carbocycles. The quantitative estimate of drug-likeness (QED) is 0.842. The SMILES string of the molecule is CCOC1CCCN(Cc2ccc(F)c(Br)c2)C1. The Morgan fingerprint density at radius 3 is 3.06 bits per heavy atom. The summed E-state index contributed by atoms with van der Waals surface area (Å²) in [5.41, 5.74) is 1.14. The van der Waals surface area contributed by atoms with Crippen LogP contribution in [0.1, 0.15) is 25.3 Å². The topological polar surface area (TPSA) is 12.5 Å². The predicted octanol–water partition coefficient (Wildman–Crippen LogP) is 3.59. The second kappa shape index (κ2) is 6.64. The van der Waals surface area contributed by atoms with Crippen LogP contribution in [0, 0.1) is 5.82 Å². The summed E-state index contributed by atoms with van der Waals surface area (Å²) in [6.45, 7) is 5.75. The van der Waals surface area contributed by atoms with E-state index in [9.17, 15) is 4.39 Å². The number of rotatable bonds is 4. The molecule has 0 saturated carbocycles.